The van der Waals surface area contributed by atoms with Gasteiger partial charge in [0.25, 0.3) is 5.91 Å². The van der Waals surface area contributed by atoms with Crippen LogP contribution in [0.2, 0.25) is 0 Å². The molecule has 1 aromatic carbocycles. The monoisotopic (exact) mass is 363 g/mol. The first-order valence-electron chi connectivity index (χ1n) is 8.14. The Morgan fingerprint density at radius 3 is 2.64 bits per heavy atom. The summed E-state index contributed by atoms with van der Waals surface area (Å²) in [4.78, 5) is 12.6. The Bertz CT molecular complexity index is 871. The summed E-state index contributed by atoms with van der Waals surface area (Å²) >= 11 is 0. The van der Waals surface area contributed by atoms with Crippen molar-refractivity contribution in [1.29, 1.82) is 0 Å². The van der Waals surface area contributed by atoms with E-state index in [1.807, 2.05) is 0 Å². The number of benzene rings is 1. The lowest BCUT2D eigenvalue weighted by atomic mass is 10.2. The minimum Gasteiger partial charge on any atom is -0.342 e. The maximum Gasteiger partial charge on any atom is 0.251 e. The van der Waals surface area contributed by atoms with Gasteiger partial charge in [0.05, 0.1) is 10.9 Å². The van der Waals surface area contributed by atoms with Crippen LogP contribution in [-0.4, -0.2) is 46.5 Å². The third-order valence-corrected chi connectivity index (χ3v) is 6.17. The van der Waals surface area contributed by atoms with Crippen molar-refractivity contribution >= 4 is 15.9 Å². The summed E-state index contributed by atoms with van der Waals surface area (Å²) in [7, 11) is -1.75. The Kier molecular flexibility index (Phi) is 4.87. The molecule has 0 radical (unpaired) electrons. The van der Waals surface area contributed by atoms with Gasteiger partial charge >= 0.3 is 0 Å². The number of hydrogen-bond acceptors (Lipinski definition) is 5. The number of carbonyl (C=O) groups excluding carboxylic acids is 1. The molecule has 2 aromatic rings. The van der Waals surface area contributed by atoms with Gasteiger partial charge in [-0.2, -0.15) is 4.31 Å². The number of nitrogens with zero attached hydrogens (tertiary/aromatic N) is 4. The standard InChI is InChI=1S/C16H21N5O3S/c1-12(15-19-17-11-20(15)2)18-16(22)13-6-5-7-14(10-13)25(23,24)21-8-3-4-9-21/h5-7,10-12H,3-4,8-9H2,1-2H3,(H,18,22)/t12-/m1/s1. The molecular weight excluding hydrogens is 342 g/mol. The number of amides is 1. The molecule has 1 fully saturated rings. The topological polar surface area (TPSA) is 97.2 Å². The maximum atomic E-state index is 12.6. The average molecular weight is 363 g/mol. The van der Waals surface area contributed by atoms with Gasteiger partial charge in [0.1, 0.15) is 6.33 Å². The van der Waals surface area contributed by atoms with Gasteiger partial charge in [-0.1, -0.05) is 6.07 Å². The molecule has 0 spiro atoms. The van der Waals surface area contributed by atoms with Crippen LogP contribution in [0.1, 0.15) is 42.0 Å². The molecule has 1 saturated heterocycles. The number of rotatable bonds is 5. The second-order valence-electron chi connectivity index (χ2n) is 6.13. The molecule has 25 heavy (non-hydrogen) atoms. The highest BCUT2D eigenvalue weighted by molar-refractivity contribution is 7.89. The van der Waals surface area contributed by atoms with E-state index in [0.717, 1.165) is 12.8 Å². The van der Waals surface area contributed by atoms with Gasteiger partial charge in [0, 0.05) is 25.7 Å². The van der Waals surface area contributed by atoms with Gasteiger partial charge < -0.3 is 9.88 Å². The molecule has 0 aliphatic carbocycles. The summed E-state index contributed by atoms with van der Waals surface area (Å²) in [6, 6.07) is 5.79. The smallest absolute Gasteiger partial charge is 0.251 e. The van der Waals surface area contributed by atoms with E-state index in [0.29, 0.717) is 24.5 Å². The Hall–Kier alpha value is -2.26. The van der Waals surface area contributed by atoms with Crippen molar-refractivity contribution in [2.45, 2.75) is 30.7 Å². The van der Waals surface area contributed by atoms with Crippen LogP contribution in [-0.2, 0) is 17.1 Å². The molecule has 1 aliphatic heterocycles. The van der Waals surface area contributed by atoms with E-state index in [2.05, 4.69) is 15.5 Å². The molecular formula is C16H21N5O3S. The highest BCUT2D eigenvalue weighted by atomic mass is 32.2. The SMILES string of the molecule is C[C@@H](NC(=O)c1cccc(S(=O)(=O)N2CCCC2)c1)c1nncn1C. The third kappa shape index (κ3) is 3.57. The predicted octanol–water partition coefficient (Wildman–Crippen LogP) is 1.09. The highest BCUT2D eigenvalue weighted by Gasteiger charge is 2.27. The van der Waals surface area contributed by atoms with Gasteiger partial charge in [-0.05, 0) is 38.0 Å². The molecule has 9 heteroatoms. The number of sulfonamides is 1. The number of aryl methyl sites for hydroxylation is 1. The van der Waals surface area contributed by atoms with Crippen LogP contribution in [0.5, 0.6) is 0 Å². The molecule has 1 atom stereocenters. The van der Waals surface area contributed by atoms with E-state index in [1.165, 1.54) is 16.4 Å². The fourth-order valence-electron chi connectivity index (χ4n) is 2.90. The average Bonchev–Trinajstić information content (AvgIpc) is 3.26. The van der Waals surface area contributed by atoms with Gasteiger partial charge in [0.2, 0.25) is 10.0 Å². The molecule has 134 valence electrons. The van der Waals surface area contributed by atoms with Gasteiger partial charge in [-0.25, -0.2) is 8.42 Å². The van der Waals surface area contributed by atoms with Crippen LogP contribution in [0.25, 0.3) is 0 Å². The van der Waals surface area contributed by atoms with Crippen LogP contribution in [0.3, 0.4) is 0 Å². The Labute approximate surface area is 146 Å². The first-order chi connectivity index (χ1) is 11.9. The Balaban J connectivity index is 1.79. The number of hydrogen-bond donors (Lipinski definition) is 1. The van der Waals surface area contributed by atoms with Gasteiger partial charge in [-0.3, -0.25) is 4.79 Å². The van der Waals surface area contributed by atoms with Crippen LogP contribution in [0.15, 0.2) is 35.5 Å². The number of carbonyl (C=O) groups is 1. The van der Waals surface area contributed by atoms with Crippen LogP contribution in [0, 0.1) is 0 Å². The van der Waals surface area contributed by atoms with Crippen molar-refractivity contribution in [3.05, 3.63) is 42.0 Å². The third-order valence-electron chi connectivity index (χ3n) is 4.28. The lowest BCUT2D eigenvalue weighted by molar-refractivity contribution is 0.0937. The second-order valence-corrected chi connectivity index (χ2v) is 8.07. The lowest BCUT2D eigenvalue weighted by Gasteiger charge is -2.16. The first-order valence-corrected chi connectivity index (χ1v) is 9.58. The molecule has 0 unspecified atom stereocenters. The predicted molar refractivity (Wildman–Crippen MR) is 91.3 cm³/mol. The molecule has 1 aliphatic rings. The van der Waals surface area contributed by atoms with Crippen molar-refractivity contribution < 1.29 is 13.2 Å². The summed E-state index contributed by atoms with van der Waals surface area (Å²) in [5.41, 5.74) is 0.300. The second kappa shape index (κ2) is 6.93. The lowest BCUT2D eigenvalue weighted by Crippen LogP contribution is -2.30. The molecule has 8 nitrogen and oxygen atoms in total. The van der Waals surface area contributed by atoms with E-state index in [4.69, 9.17) is 0 Å². The normalized spacial score (nSPS) is 16.7. The summed E-state index contributed by atoms with van der Waals surface area (Å²) in [6.07, 6.45) is 3.30. The van der Waals surface area contributed by atoms with Crippen LogP contribution < -0.4 is 5.32 Å². The zero-order chi connectivity index (χ0) is 18.0. The summed E-state index contributed by atoms with van der Waals surface area (Å²) in [5, 5.41) is 10.6. The zero-order valence-corrected chi connectivity index (χ0v) is 15.0. The molecule has 1 N–H and O–H groups in total. The van der Waals surface area contributed by atoms with E-state index in [-0.39, 0.29) is 16.8 Å². The molecule has 2 heterocycles. The molecule has 1 aromatic heterocycles. The quantitative estimate of drug-likeness (QED) is 0.858. The summed E-state index contributed by atoms with van der Waals surface area (Å²) < 4.78 is 28.5. The summed E-state index contributed by atoms with van der Waals surface area (Å²) in [6.45, 7) is 2.86. The molecule has 0 bridgehead atoms. The highest BCUT2D eigenvalue weighted by Crippen LogP contribution is 2.21. The number of aromatic nitrogens is 3. The minimum atomic E-state index is -3.55. The molecule has 1 amide bonds. The molecule has 0 saturated carbocycles. The Morgan fingerprint density at radius 2 is 2.00 bits per heavy atom. The van der Waals surface area contributed by atoms with Crippen molar-refractivity contribution in [3.8, 4) is 0 Å². The summed E-state index contributed by atoms with van der Waals surface area (Å²) in [5.74, 6) is 0.267. The van der Waals surface area contributed by atoms with E-state index >= 15 is 0 Å². The number of nitrogens with one attached hydrogen (secondary N) is 1. The Morgan fingerprint density at radius 1 is 1.28 bits per heavy atom. The fourth-order valence-corrected chi connectivity index (χ4v) is 4.47. The van der Waals surface area contributed by atoms with Crippen molar-refractivity contribution in [2.24, 2.45) is 7.05 Å². The fraction of sp³-hybridized carbons (Fsp3) is 0.438. The van der Waals surface area contributed by atoms with Crippen molar-refractivity contribution in [2.75, 3.05) is 13.1 Å². The van der Waals surface area contributed by atoms with E-state index in [1.54, 1.807) is 37.0 Å². The van der Waals surface area contributed by atoms with Gasteiger partial charge in [-0.15, -0.1) is 10.2 Å². The van der Waals surface area contributed by atoms with Crippen LogP contribution in [0.4, 0.5) is 0 Å². The van der Waals surface area contributed by atoms with Crippen LogP contribution >= 0.6 is 0 Å². The maximum absolute atomic E-state index is 12.6. The van der Waals surface area contributed by atoms with E-state index < -0.39 is 10.0 Å². The molecule has 3 rings (SSSR count). The first kappa shape index (κ1) is 17.6. The van der Waals surface area contributed by atoms with Crippen molar-refractivity contribution in [1.82, 2.24) is 24.4 Å². The van der Waals surface area contributed by atoms with Gasteiger partial charge in [0.15, 0.2) is 5.82 Å². The largest absolute Gasteiger partial charge is 0.342 e. The minimum absolute atomic E-state index is 0.147. The van der Waals surface area contributed by atoms with Crippen molar-refractivity contribution in [3.63, 3.8) is 0 Å². The van der Waals surface area contributed by atoms with E-state index in [9.17, 15) is 13.2 Å². The zero-order valence-electron chi connectivity index (χ0n) is 14.2.